The number of amides is 1. The highest BCUT2D eigenvalue weighted by molar-refractivity contribution is 5.92. The number of hydrogen-bond donors (Lipinski definition) is 3. The zero-order valence-electron chi connectivity index (χ0n) is 11.1. The Bertz CT molecular complexity index is 384. The van der Waals surface area contributed by atoms with Crippen molar-refractivity contribution < 1.29 is 14.6 Å². The van der Waals surface area contributed by atoms with Crippen LogP contribution in [-0.2, 0) is 11.2 Å². The van der Waals surface area contributed by atoms with Crippen LogP contribution in [0.25, 0.3) is 0 Å². The van der Waals surface area contributed by atoms with Crippen LogP contribution >= 0.6 is 0 Å². The van der Waals surface area contributed by atoms with Crippen LogP contribution in [0.15, 0.2) is 6.07 Å². The number of aromatic amines is 1. The van der Waals surface area contributed by atoms with Gasteiger partial charge in [0.2, 0.25) is 0 Å². The maximum atomic E-state index is 12.0. The van der Waals surface area contributed by atoms with E-state index in [9.17, 15) is 4.79 Å². The zero-order valence-corrected chi connectivity index (χ0v) is 11.1. The van der Waals surface area contributed by atoms with Crippen molar-refractivity contribution in [3.8, 4) is 0 Å². The summed E-state index contributed by atoms with van der Waals surface area (Å²) in [5.74, 6) is -0.265. The van der Waals surface area contributed by atoms with Crippen molar-refractivity contribution in [2.75, 3.05) is 20.3 Å². The normalized spacial score (nSPS) is 14.2. The maximum absolute atomic E-state index is 12.0. The van der Waals surface area contributed by atoms with Crippen molar-refractivity contribution in [1.82, 2.24) is 15.5 Å². The van der Waals surface area contributed by atoms with E-state index < -0.39 is 5.54 Å². The Morgan fingerprint density at radius 3 is 2.89 bits per heavy atom. The van der Waals surface area contributed by atoms with Crippen molar-refractivity contribution in [3.63, 3.8) is 0 Å². The van der Waals surface area contributed by atoms with E-state index >= 15 is 0 Å². The number of aliphatic hydroxyl groups is 1. The number of aromatic nitrogens is 2. The second-order valence-electron chi connectivity index (χ2n) is 4.55. The number of aliphatic hydroxyl groups excluding tert-OH is 1. The van der Waals surface area contributed by atoms with Gasteiger partial charge in [-0.3, -0.25) is 9.89 Å². The molecule has 1 heterocycles. The van der Waals surface area contributed by atoms with Crippen LogP contribution in [-0.4, -0.2) is 47.1 Å². The molecule has 0 fully saturated rings. The van der Waals surface area contributed by atoms with E-state index in [2.05, 4.69) is 15.5 Å². The van der Waals surface area contributed by atoms with Gasteiger partial charge in [-0.1, -0.05) is 6.92 Å². The van der Waals surface area contributed by atoms with Crippen molar-refractivity contribution in [2.45, 2.75) is 32.2 Å². The number of carbonyl (C=O) groups excluding carboxylic acids is 1. The Morgan fingerprint density at radius 2 is 2.39 bits per heavy atom. The first-order chi connectivity index (χ1) is 8.54. The first-order valence-corrected chi connectivity index (χ1v) is 6.01. The van der Waals surface area contributed by atoms with Gasteiger partial charge < -0.3 is 15.2 Å². The van der Waals surface area contributed by atoms with Crippen LogP contribution in [0.2, 0.25) is 0 Å². The summed E-state index contributed by atoms with van der Waals surface area (Å²) in [6, 6.07) is 1.72. The Kier molecular flexibility index (Phi) is 5.30. The molecule has 0 aromatic carbocycles. The molecule has 3 N–H and O–H groups in total. The quantitative estimate of drug-likeness (QED) is 0.661. The van der Waals surface area contributed by atoms with Gasteiger partial charge in [-0.15, -0.1) is 0 Å². The van der Waals surface area contributed by atoms with E-state index in [1.165, 1.54) is 0 Å². The fourth-order valence-corrected chi connectivity index (χ4v) is 1.73. The smallest absolute Gasteiger partial charge is 0.272 e. The van der Waals surface area contributed by atoms with Crippen LogP contribution in [0, 0.1) is 0 Å². The summed E-state index contributed by atoms with van der Waals surface area (Å²) in [5, 5.41) is 18.6. The SMILES string of the molecule is CCc1cc(C(=O)NC(C)(CCO)COC)n[nH]1. The van der Waals surface area contributed by atoms with Crippen LogP contribution in [0.1, 0.15) is 36.5 Å². The molecule has 18 heavy (non-hydrogen) atoms. The predicted molar refractivity (Wildman–Crippen MR) is 67.4 cm³/mol. The fraction of sp³-hybridized carbons (Fsp3) is 0.667. The molecule has 6 nitrogen and oxygen atoms in total. The van der Waals surface area contributed by atoms with Gasteiger partial charge >= 0.3 is 0 Å². The van der Waals surface area contributed by atoms with Gasteiger partial charge in [0.25, 0.3) is 5.91 Å². The molecule has 102 valence electrons. The lowest BCUT2D eigenvalue weighted by Gasteiger charge is -2.29. The average Bonchev–Trinajstić information content (AvgIpc) is 2.77. The Labute approximate surface area is 107 Å². The van der Waals surface area contributed by atoms with Crippen LogP contribution in [0.5, 0.6) is 0 Å². The molecule has 0 radical (unpaired) electrons. The summed E-state index contributed by atoms with van der Waals surface area (Å²) in [5.41, 5.74) is 0.675. The van der Waals surface area contributed by atoms with E-state index in [-0.39, 0.29) is 12.5 Å². The molecule has 0 aliphatic carbocycles. The summed E-state index contributed by atoms with van der Waals surface area (Å²) in [7, 11) is 1.56. The van der Waals surface area contributed by atoms with Crippen molar-refractivity contribution in [1.29, 1.82) is 0 Å². The summed E-state index contributed by atoms with van der Waals surface area (Å²) < 4.78 is 5.07. The monoisotopic (exact) mass is 255 g/mol. The predicted octanol–water partition coefficient (Wildman–Crippen LogP) is 0.489. The minimum absolute atomic E-state index is 0.0130. The summed E-state index contributed by atoms with van der Waals surface area (Å²) in [6.45, 7) is 4.14. The fourth-order valence-electron chi connectivity index (χ4n) is 1.73. The molecule has 1 rings (SSSR count). The van der Waals surface area contributed by atoms with E-state index in [4.69, 9.17) is 9.84 Å². The average molecular weight is 255 g/mol. The number of nitrogens with one attached hydrogen (secondary N) is 2. The number of aryl methyl sites for hydroxylation is 1. The number of nitrogens with zero attached hydrogens (tertiary/aromatic N) is 1. The van der Waals surface area contributed by atoms with Gasteiger partial charge in [0.1, 0.15) is 5.69 Å². The first kappa shape index (κ1) is 14.7. The third-order valence-electron chi connectivity index (χ3n) is 2.79. The lowest BCUT2D eigenvalue weighted by molar-refractivity contribution is 0.0721. The zero-order chi connectivity index (χ0) is 13.6. The Morgan fingerprint density at radius 1 is 1.67 bits per heavy atom. The van der Waals surface area contributed by atoms with E-state index in [1.54, 1.807) is 13.2 Å². The molecule has 1 amide bonds. The van der Waals surface area contributed by atoms with Crippen LogP contribution in [0.4, 0.5) is 0 Å². The van der Waals surface area contributed by atoms with E-state index in [0.29, 0.717) is 18.7 Å². The highest BCUT2D eigenvalue weighted by atomic mass is 16.5. The third-order valence-corrected chi connectivity index (χ3v) is 2.79. The van der Waals surface area contributed by atoms with Gasteiger partial charge in [0, 0.05) is 19.4 Å². The topological polar surface area (TPSA) is 87.2 Å². The van der Waals surface area contributed by atoms with E-state index in [0.717, 1.165) is 12.1 Å². The van der Waals surface area contributed by atoms with Crippen LogP contribution in [0.3, 0.4) is 0 Å². The number of ether oxygens (including phenoxy) is 1. The minimum atomic E-state index is -0.591. The maximum Gasteiger partial charge on any atom is 0.272 e. The number of methoxy groups -OCH3 is 1. The second-order valence-corrected chi connectivity index (χ2v) is 4.55. The molecule has 0 saturated carbocycles. The number of rotatable bonds is 7. The Hall–Kier alpha value is -1.40. The standard InChI is InChI=1S/C12H21N3O3/c1-4-9-7-10(15-14-9)11(17)13-12(2,5-6-16)8-18-3/h7,16H,4-6,8H2,1-3H3,(H,13,17)(H,14,15). The molecule has 0 saturated heterocycles. The molecule has 6 heteroatoms. The molecule has 0 aliphatic heterocycles. The van der Waals surface area contributed by atoms with Gasteiger partial charge in [-0.05, 0) is 25.8 Å². The third kappa shape index (κ3) is 3.82. The van der Waals surface area contributed by atoms with Crippen molar-refractivity contribution >= 4 is 5.91 Å². The molecule has 1 unspecified atom stereocenters. The molecular formula is C12H21N3O3. The van der Waals surface area contributed by atoms with Crippen molar-refractivity contribution in [3.05, 3.63) is 17.5 Å². The summed E-state index contributed by atoms with van der Waals surface area (Å²) in [4.78, 5) is 12.0. The summed E-state index contributed by atoms with van der Waals surface area (Å²) >= 11 is 0. The number of hydrogen-bond acceptors (Lipinski definition) is 4. The summed E-state index contributed by atoms with van der Waals surface area (Å²) in [6.07, 6.45) is 1.23. The van der Waals surface area contributed by atoms with Gasteiger partial charge in [0.15, 0.2) is 0 Å². The van der Waals surface area contributed by atoms with E-state index in [1.807, 2.05) is 13.8 Å². The van der Waals surface area contributed by atoms with Gasteiger partial charge in [-0.2, -0.15) is 5.10 Å². The lowest BCUT2D eigenvalue weighted by Crippen LogP contribution is -2.50. The Balaban J connectivity index is 2.71. The second kappa shape index (κ2) is 6.51. The highest BCUT2D eigenvalue weighted by Gasteiger charge is 2.27. The number of H-pyrrole nitrogens is 1. The first-order valence-electron chi connectivity index (χ1n) is 6.01. The molecule has 0 spiro atoms. The van der Waals surface area contributed by atoms with Crippen LogP contribution < -0.4 is 5.32 Å². The lowest BCUT2D eigenvalue weighted by atomic mass is 9.99. The molecule has 1 aromatic heterocycles. The van der Waals surface area contributed by atoms with Gasteiger partial charge in [-0.25, -0.2) is 0 Å². The molecule has 0 bridgehead atoms. The number of carbonyl (C=O) groups is 1. The molecule has 1 aromatic rings. The molecule has 1 atom stereocenters. The van der Waals surface area contributed by atoms with Gasteiger partial charge in [0.05, 0.1) is 12.1 Å². The minimum Gasteiger partial charge on any atom is -0.396 e. The molecular weight excluding hydrogens is 234 g/mol. The largest absolute Gasteiger partial charge is 0.396 e. The highest BCUT2D eigenvalue weighted by Crippen LogP contribution is 2.11. The molecule has 0 aliphatic rings. The van der Waals surface area contributed by atoms with Crippen molar-refractivity contribution in [2.24, 2.45) is 0 Å².